The Morgan fingerprint density at radius 3 is 2.48 bits per heavy atom. The topological polar surface area (TPSA) is 31.2 Å². The molecular formula is C17H15NO2S. The monoisotopic (exact) mass is 297 g/mol. The summed E-state index contributed by atoms with van der Waals surface area (Å²) in [4.78, 5) is 12.6. The predicted octanol–water partition coefficient (Wildman–Crippen LogP) is 4.15. The van der Waals surface area contributed by atoms with Crippen molar-refractivity contribution in [3.05, 3.63) is 54.1 Å². The molecule has 0 bridgehead atoms. The fourth-order valence-electron chi connectivity index (χ4n) is 2.39. The van der Waals surface area contributed by atoms with E-state index in [9.17, 15) is 4.79 Å². The van der Waals surface area contributed by atoms with Crippen molar-refractivity contribution in [3.63, 3.8) is 0 Å². The molecule has 0 aliphatic heterocycles. The number of hydrogen-bond acceptors (Lipinski definition) is 3. The Hall–Kier alpha value is -2.20. The van der Waals surface area contributed by atoms with Gasteiger partial charge in [0.2, 0.25) is 0 Å². The molecule has 1 heterocycles. The molecule has 0 fully saturated rings. The Bertz CT molecular complexity index is 790. The number of fused-ring (bicyclic) bond motifs is 1. The summed E-state index contributed by atoms with van der Waals surface area (Å²) in [7, 11) is 3.64. The van der Waals surface area contributed by atoms with Gasteiger partial charge < -0.3 is 9.30 Å². The van der Waals surface area contributed by atoms with Crippen molar-refractivity contribution in [2.45, 2.75) is 9.92 Å². The van der Waals surface area contributed by atoms with Gasteiger partial charge in [-0.05, 0) is 30.3 Å². The van der Waals surface area contributed by atoms with Gasteiger partial charge in [-0.3, -0.25) is 4.79 Å². The highest BCUT2D eigenvalue weighted by Crippen LogP contribution is 2.36. The van der Waals surface area contributed by atoms with Crippen molar-refractivity contribution in [2.24, 2.45) is 7.05 Å². The van der Waals surface area contributed by atoms with Crippen molar-refractivity contribution in [1.82, 2.24) is 4.57 Å². The van der Waals surface area contributed by atoms with Gasteiger partial charge >= 0.3 is 0 Å². The molecule has 0 atom stereocenters. The lowest BCUT2D eigenvalue weighted by Gasteiger charge is -2.06. The molecule has 3 nitrogen and oxygen atoms in total. The second kappa shape index (κ2) is 5.66. The van der Waals surface area contributed by atoms with E-state index >= 15 is 0 Å². The lowest BCUT2D eigenvalue weighted by Crippen LogP contribution is -1.91. The van der Waals surface area contributed by atoms with Crippen LogP contribution in [0.1, 0.15) is 10.4 Å². The van der Waals surface area contributed by atoms with Crippen LogP contribution in [0.2, 0.25) is 0 Å². The van der Waals surface area contributed by atoms with E-state index in [4.69, 9.17) is 4.74 Å². The van der Waals surface area contributed by atoms with Crippen LogP contribution in [0.25, 0.3) is 10.9 Å². The normalized spacial score (nSPS) is 10.8. The van der Waals surface area contributed by atoms with Gasteiger partial charge in [0.25, 0.3) is 0 Å². The molecule has 106 valence electrons. The number of nitrogens with zero attached hydrogens (tertiary/aromatic N) is 1. The zero-order valence-electron chi connectivity index (χ0n) is 11.9. The third-order valence-electron chi connectivity index (χ3n) is 3.48. The third kappa shape index (κ3) is 2.43. The molecule has 0 N–H and O–H groups in total. The van der Waals surface area contributed by atoms with Crippen LogP contribution in [-0.4, -0.2) is 18.0 Å². The van der Waals surface area contributed by atoms with Crippen molar-refractivity contribution < 1.29 is 9.53 Å². The highest BCUT2D eigenvalue weighted by Gasteiger charge is 2.15. The molecule has 4 heteroatoms. The maximum atomic E-state index is 11.5. The van der Waals surface area contributed by atoms with Gasteiger partial charge in [0.15, 0.2) is 6.29 Å². The SMILES string of the molecule is COc1ccc(Sc2c(C=O)c3ccccc3n2C)cc1. The molecule has 3 rings (SSSR count). The zero-order chi connectivity index (χ0) is 14.8. The summed E-state index contributed by atoms with van der Waals surface area (Å²) in [5, 5.41) is 1.95. The second-order valence-electron chi connectivity index (χ2n) is 4.69. The molecule has 21 heavy (non-hydrogen) atoms. The fourth-order valence-corrected chi connectivity index (χ4v) is 3.39. The molecule has 0 spiro atoms. The van der Waals surface area contributed by atoms with Crippen molar-refractivity contribution in [3.8, 4) is 5.75 Å². The van der Waals surface area contributed by atoms with Crippen molar-refractivity contribution in [1.29, 1.82) is 0 Å². The number of aryl methyl sites for hydroxylation is 1. The summed E-state index contributed by atoms with van der Waals surface area (Å²) in [6.07, 6.45) is 0.939. The highest BCUT2D eigenvalue weighted by atomic mass is 32.2. The molecule has 0 aliphatic rings. The first-order valence-corrected chi connectivity index (χ1v) is 7.40. The van der Waals surface area contributed by atoms with Crippen LogP contribution < -0.4 is 4.74 Å². The van der Waals surface area contributed by atoms with E-state index in [-0.39, 0.29) is 0 Å². The lowest BCUT2D eigenvalue weighted by atomic mass is 10.2. The van der Waals surface area contributed by atoms with E-state index in [2.05, 4.69) is 4.57 Å². The van der Waals surface area contributed by atoms with E-state index in [0.717, 1.165) is 38.4 Å². The molecule has 0 saturated carbocycles. The number of aromatic nitrogens is 1. The quantitative estimate of drug-likeness (QED) is 0.678. The highest BCUT2D eigenvalue weighted by molar-refractivity contribution is 7.99. The molecular weight excluding hydrogens is 282 g/mol. The van der Waals surface area contributed by atoms with Crippen LogP contribution in [0, 0.1) is 0 Å². The lowest BCUT2D eigenvalue weighted by molar-refractivity contribution is 0.112. The van der Waals surface area contributed by atoms with E-state index in [1.165, 1.54) is 0 Å². The fraction of sp³-hybridized carbons (Fsp3) is 0.118. The third-order valence-corrected chi connectivity index (χ3v) is 4.68. The summed E-state index contributed by atoms with van der Waals surface area (Å²) in [5.41, 5.74) is 1.81. The predicted molar refractivity (Wildman–Crippen MR) is 85.4 cm³/mol. The van der Waals surface area contributed by atoms with Crippen LogP contribution in [0.15, 0.2) is 58.5 Å². The van der Waals surface area contributed by atoms with Crippen LogP contribution in [0.3, 0.4) is 0 Å². The van der Waals surface area contributed by atoms with Gasteiger partial charge in [-0.2, -0.15) is 0 Å². The standard InChI is InChI=1S/C17H15NO2S/c1-18-16-6-4-3-5-14(16)15(11-19)17(18)21-13-9-7-12(20-2)8-10-13/h3-11H,1-2H3. The first kappa shape index (κ1) is 13.8. The van der Waals surface area contributed by atoms with Gasteiger partial charge in [-0.1, -0.05) is 30.0 Å². The Morgan fingerprint density at radius 2 is 1.81 bits per heavy atom. The average Bonchev–Trinajstić information content (AvgIpc) is 2.80. The summed E-state index contributed by atoms with van der Waals surface area (Å²) in [5.74, 6) is 0.826. The van der Waals surface area contributed by atoms with Gasteiger partial charge in [0.05, 0.1) is 17.7 Å². The second-order valence-corrected chi connectivity index (χ2v) is 5.75. The Balaban J connectivity index is 2.06. The summed E-state index contributed by atoms with van der Waals surface area (Å²) < 4.78 is 7.23. The van der Waals surface area contributed by atoms with Crippen LogP contribution in [-0.2, 0) is 7.05 Å². The van der Waals surface area contributed by atoms with E-state index in [1.807, 2.05) is 55.6 Å². The summed E-state index contributed by atoms with van der Waals surface area (Å²) >= 11 is 1.59. The molecule has 0 amide bonds. The Morgan fingerprint density at radius 1 is 1.10 bits per heavy atom. The van der Waals surface area contributed by atoms with Crippen molar-refractivity contribution >= 4 is 29.0 Å². The Kier molecular flexibility index (Phi) is 3.71. The number of carbonyl (C=O) groups is 1. The number of para-hydroxylation sites is 1. The minimum Gasteiger partial charge on any atom is -0.497 e. The number of methoxy groups -OCH3 is 1. The number of hydrogen-bond donors (Lipinski definition) is 0. The maximum absolute atomic E-state index is 11.5. The summed E-state index contributed by atoms with van der Waals surface area (Å²) in [6, 6.07) is 15.8. The smallest absolute Gasteiger partial charge is 0.153 e. The molecule has 0 saturated heterocycles. The largest absolute Gasteiger partial charge is 0.497 e. The van der Waals surface area contributed by atoms with E-state index in [0.29, 0.717) is 0 Å². The maximum Gasteiger partial charge on any atom is 0.153 e. The first-order valence-electron chi connectivity index (χ1n) is 6.59. The minimum absolute atomic E-state index is 0.744. The van der Waals surface area contributed by atoms with Gasteiger partial charge in [-0.15, -0.1) is 0 Å². The van der Waals surface area contributed by atoms with E-state index in [1.54, 1.807) is 18.9 Å². The van der Waals surface area contributed by atoms with Crippen LogP contribution in [0.4, 0.5) is 0 Å². The van der Waals surface area contributed by atoms with Crippen LogP contribution >= 0.6 is 11.8 Å². The molecule has 0 radical (unpaired) electrons. The molecule has 1 aromatic heterocycles. The minimum atomic E-state index is 0.744. The van der Waals surface area contributed by atoms with Gasteiger partial charge in [-0.25, -0.2) is 0 Å². The molecule has 2 aromatic carbocycles. The number of rotatable bonds is 4. The molecule has 0 unspecified atom stereocenters. The van der Waals surface area contributed by atoms with E-state index < -0.39 is 0 Å². The molecule has 0 aliphatic carbocycles. The Labute approximate surface area is 127 Å². The number of benzene rings is 2. The van der Waals surface area contributed by atoms with Crippen LogP contribution in [0.5, 0.6) is 5.75 Å². The summed E-state index contributed by atoms with van der Waals surface area (Å²) in [6.45, 7) is 0. The average molecular weight is 297 g/mol. The van der Waals surface area contributed by atoms with Gasteiger partial charge in [0.1, 0.15) is 5.75 Å². The zero-order valence-corrected chi connectivity index (χ0v) is 12.7. The molecule has 3 aromatic rings. The number of carbonyl (C=O) groups excluding carboxylic acids is 1. The number of aldehydes is 1. The first-order chi connectivity index (χ1) is 10.2. The van der Waals surface area contributed by atoms with Crippen molar-refractivity contribution in [2.75, 3.05) is 7.11 Å². The number of ether oxygens (including phenoxy) is 1. The van der Waals surface area contributed by atoms with Gasteiger partial charge in [0, 0.05) is 22.8 Å².